The van der Waals surface area contributed by atoms with E-state index >= 15 is 0 Å². The summed E-state index contributed by atoms with van der Waals surface area (Å²) in [7, 11) is 0. The van der Waals surface area contributed by atoms with Gasteiger partial charge < -0.3 is 10.5 Å². The Morgan fingerprint density at radius 3 is 2.60 bits per heavy atom. The summed E-state index contributed by atoms with van der Waals surface area (Å²) >= 11 is 0. The summed E-state index contributed by atoms with van der Waals surface area (Å²) in [6.45, 7) is 0.707. The van der Waals surface area contributed by atoms with Crippen molar-refractivity contribution in [3.05, 3.63) is 42.2 Å². The fourth-order valence-electron chi connectivity index (χ4n) is 1.66. The third kappa shape index (κ3) is 3.66. The van der Waals surface area contributed by atoms with Crippen molar-refractivity contribution in [3.8, 4) is 5.75 Å². The van der Waals surface area contributed by atoms with Crippen molar-refractivity contribution in [2.24, 2.45) is 0 Å². The molecule has 1 aromatic heterocycles. The second-order valence-corrected chi connectivity index (χ2v) is 4.20. The number of rotatable bonds is 5. The lowest BCUT2D eigenvalue weighted by Crippen LogP contribution is -2.09. The Morgan fingerprint density at radius 2 is 1.95 bits per heavy atom. The van der Waals surface area contributed by atoms with E-state index < -0.39 is 11.9 Å². The molecule has 1 heterocycles. The number of nitrogens with zero attached hydrogens (tertiary/aromatic N) is 2. The molecule has 0 spiro atoms. The Balaban J connectivity index is 1.79. The fraction of sp³-hybridized carbons (Fsp3) is 0.308. The molecule has 2 rings (SSSR count). The molecule has 0 bridgehead atoms. The summed E-state index contributed by atoms with van der Waals surface area (Å²) in [5.74, 6) is 0.573. The fourth-order valence-corrected chi connectivity index (χ4v) is 1.66. The van der Waals surface area contributed by atoms with E-state index in [2.05, 4.69) is 5.10 Å². The Labute approximate surface area is 114 Å². The number of hydrogen-bond donors (Lipinski definition) is 1. The zero-order chi connectivity index (χ0) is 14.6. The lowest BCUT2D eigenvalue weighted by Gasteiger charge is -2.08. The van der Waals surface area contributed by atoms with Gasteiger partial charge in [-0.3, -0.25) is 4.68 Å². The topological polar surface area (TPSA) is 53.1 Å². The molecule has 7 heteroatoms. The van der Waals surface area contributed by atoms with E-state index in [1.54, 1.807) is 24.3 Å². The van der Waals surface area contributed by atoms with Crippen molar-refractivity contribution in [2.75, 3.05) is 12.3 Å². The summed E-state index contributed by atoms with van der Waals surface area (Å²) < 4.78 is 43.7. The maximum atomic E-state index is 12.3. The van der Waals surface area contributed by atoms with Crippen molar-refractivity contribution < 1.29 is 17.9 Å². The number of alkyl halides is 3. The second kappa shape index (κ2) is 5.85. The van der Waals surface area contributed by atoms with Crippen molar-refractivity contribution in [2.45, 2.75) is 19.1 Å². The minimum atomic E-state index is -4.40. The first-order valence-corrected chi connectivity index (χ1v) is 6.05. The highest BCUT2D eigenvalue weighted by atomic mass is 19.4. The molecule has 1 aromatic carbocycles. The van der Waals surface area contributed by atoms with Crippen LogP contribution in [0.5, 0.6) is 5.75 Å². The van der Waals surface area contributed by atoms with Crippen LogP contribution in [0.3, 0.4) is 0 Å². The molecule has 4 nitrogen and oxygen atoms in total. The Bertz CT molecular complexity index is 566. The van der Waals surface area contributed by atoms with Crippen molar-refractivity contribution in [1.29, 1.82) is 0 Å². The third-order valence-electron chi connectivity index (χ3n) is 2.64. The van der Waals surface area contributed by atoms with Gasteiger partial charge >= 0.3 is 6.18 Å². The average Bonchev–Trinajstić information content (AvgIpc) is 2.85. The van der Waals surface area contributed by atoms with Crippen molar-refractivity contribution in [3.63, 3.8) is 0 Å². The minimum absolute atomic E-state index is 0.350. The molecule has 0 fully saturated rings. The predicted molar refractivity (Wildman–Crippen MR) is 68.2 cm³/mol. The summed E-state index contributed by atoms with van der Waals surface area (Å²) in [6.07, 6.45) is -2.56. The first-order chi connectivity index (χ1) is 9.47. The number of ether oxygens (including phenoxy) is 1. The Kier molecular flexibility index (Phi) is 4.16. The predicted octanol–water partition coefficient (Wildman–Crippen LogP) is 2.95. The van der Waals surface area contributed by atoms with Gasteiger partial charge in [-0.1, -0.05) is 12.1 Å². The first kappa shape index (κ1) is 14.2. The largest absolute Gasteiger partial charge is 0.491 e. The number of aryl methyl sites for hydroxylation is 1. The molecule has 0 aliphatic rings. The molecule has 0 amide bonds. The highest BCUT2D eigenvalue weighted by Crippen LogP contribution is 2.27. The Hall–Kier alpha value is -2.18. The van der Waals surface area contributed by atoms with Gasteiger partial charge in [-0.15, -0.1) is 0 Å². The molecule has 20 heavy (non-hydrogen) atoms. The van der Waals surface area contributed by atoms with Gasteiger partial charge in [-0.25, -0.2) is 0 Å². The number of nitrogens with two attached hydrogens (primary N) is 1. The normalized spacial score (nSPS) is 11.6. The Morgan fingerprint density at radius 1 is 1.20 bits per heavy atom. The smallest absolute Gasteiger partial charge is 0.435 e. The molecular weight excluding hydrogens is 271 g/mol. The van der Waals surface area contributed by atoms with Gasteiger partial charge in [0.2, 0.25) is 0 Å². The minimum Gasteiger partial charge on any atom is -0.491 e. The van der Waals surface area contributed by atoms with E-state index in [0.29, 0.717) is 31.0 Å². The number of anilines is 1. The van der Waals surface area contributed by atoms with Crippen molar-refractivity contribution in [1.82, 2.24) is 9.78 Å². The van der Waals surface area contributed by atoms with Gasteiger partial charge in [0.05, 0.1) is 12.3 Å². The van der Waals surface area contributed by atoms with Gasteiger partial charge in [0.25, 0.3) is 0 Å². The van der Waals surface area contributed by atoms with Crippen molar-refractivity contribution >= 4 is 5.69 Å². The van der Waals surface area contributed by atoms with Gasteiger partial charge in [0.1, 0.15) is 5.75 Å². The lowest BCUT2D eigenvalue weighted by atomic mass is 10.3. The van der Waals surface area contributed by atoms with E-state index in [1.165, 1.54) is 10.9 Å². The zero-order valence-corrected chi connectivity index (χ0v) is 10.6. The third-order valence-corrected chi connectivity index (χ3v) is 2.64. The molecule has 0 aliphatic heterocycles. The van der Waals surface area contributed by atoms with E-state index in [9.17, 15) is 13.2 Å². The van der Waals surface area contributed by atoms with Crippen LogP contribution in [0.4, 0.5) is 18.9 Å². The van der Waals surface area contributed by atoms with Gasteiger partial charge in [-0.05, 0) is 18.2 Å². The molecule has 0 atom stereocenters. The maximum Gasteiger partial charge on any atom is 0.435 e. The molecule has 0 saturated heterocycles. The highest BCUT2D eigenvalue weighted by Gasteiger charge is 2.33. The number of hydrogen-bond acceptors (Lipinski definition) is 3. The van der Waals surface area contributed by atoms with Crippen LogP contribution in [0, 0.1) is 0 Å². The second-order valence-electron chi connectivity index (χ2n) is 4.20. The van der Waals surface area contributed by atoms with Crippen LogP contribution in [0.2, 0.25) is 0 Å². The van der Waals surface area contributed by atoms with Gasteiger partial charge in [0, 0.05) is 19.2 Å². The van der Waals surface area contributed by atoms with E-state index in [-0.39, 0.29) is 0 Å². The molecule has 108 valence electrons. The summed E-state index contributed by atoms with van der Waals surface area (Å²) in [6, 6.07) is 8.01. The lowest BCUT2D eigenvalue weighted by molar-refractivity contribution is -0.141. The number of aromatic nitrogens is 2. The number of nitrogen functional groups attached to an aromatic ring is 1. The van der Waals surface area contributed by atoms with Crippen LogP contribution in [0.15, 0.2) is 36.5 Å². The quantitative estimate of drug-likeness (QED) is 0.678. The molecule has 0 aliphatic carbocycles. The number of halogens is 3. The molecule has 0 radical (unpaired) electrons. The van der Waals surface area contributed by atoms with Crippen LogP contribution in [-0.4, -0.2) is 16.4 Å². The van der Waals surface area contributed by atoms with Crippen LogP contribution >= 0.6 is 0 Å². The molecule has 2 N–H and O–H groups in total. The monoisotopic (exact) mass is 285 g/mol. The van der Waals surface area contributed by atoms with Gasteiger partial charge in [0.15, 0.2) is 5.69 Å². The van der Waals surface area contributed by atoms with Crippen LogP contribution in [-0.2, 0) is 12.7 Å². The summed E-state index contributed by atoms with van der Waals surface area (Å²) in [5.41, 5.74) is 5.35. The van der Waals surface area contributed by atoms with Gasteiger partial charge in [-0.2, -0.15) is 18.3 Å². The summed E-state index contributed by atoms with van der Waals surface area (Å²) in [4.78, 5) is 0. The van der Waals surface area contributed by atoms with E-state index in [0.717, 1.165) is 6.07 Å². The average molecular weight is 285 g/mol. The number of para-hydroxylation sites is 2. The van der Waals surface area contributed by atoms with E-state index in [1.807, 2.05) is 0 Å². The molecule has 0 unspecified atom stereocenters. The zero-order valence-electron chi connectivity index (χ0n) is 10.6. The standard InChI is InChI=1S/C13H14F3N3O/c14-13(15,16)12-6-8-19(18-12)7-3-9-20-11-5-2-1-4-10(11)17/h1-2,4-6,8H,3,7,9,17H2. The first-order valence-electron chi connectivity index (χ1n) is 6.05. The maximum absolute atomic E-state index is 12.3. The van der Waals surface area contributed by atoms with Crippen LogP contribution in [0.25, 0.3) is 0 Å². The molecule has 0 saturated carbocycles. The van der Waals surface area contributed by atoms with Crippen LogP contribution in [0.1, 0.15) is 12.1 Å². The number of benzene rings is 1. The van der Waals surface area contributed by atoms with Crippen LogP contribution < -0.4 is 10.5 Å². The summed E-state index contributed by atoms with van der Waals surface area (Å²) in [5, 5.41) is 3.46. The van der Waals surface area contributed by atoms with E-state index in [4.69, 9.17) is 10.5 Å². The molecule has 2 aromatic rings. The molecular formula is C13H14F3N3O. The highest BCUT2D eigenvalue weighted by molar-refractivity contribution is 5.51. The SMILES string of the molecule is Nc1ccccc1OCCCn1ccc(C(F)(F)F)n1.